The molecule has 0 saturated heterocycles. The van der Waals surface area contributed by atoms with E-state index in [0.717, 1.165) is 5.75 Å². The van der Waals surface area contributed by atoms with Crippen LogP contribution < -0.4 is 10.5 Å². The Morgan fingerprint density at radius 1 is 1.38 bits per heavy atom. The molecule has 0 spiro atoms. The Morgan fingerprint density at radius 3 is 2.62 bits per heavy atom. The van der Waals surface area contributed by atoms with Crippen LogP contribution in [-0.2, 0) is 0 Å². The number of hydrogen-bond donors (Lipinski definition) is 1. The quantitative estimate of drug-likeness (QED) is 0.776. The van der Waals surface area contributed by atoms with Crippen LogP contribution in [0.3, 0.4) is 0 Å². The van der Waals surface area contributed by atoms with Crippen LogP contribution in [0.25, 0.3) is 0 Å². The molecule has 0 aliphatic heterocycles. The summed E-state index contributed by atoms with van der Waals surface area (Å²) in [7, 11) is 0. The second kappa shape index (κ2) is 5.66. The molecule has 2 N–H and O–H groups in total. The summed E-state index contributed by atoms with van der Waals surface area (Å²) in [6.45, 7) is 6.11. The third-order valence-electron chi connectivity index (χ3n) is 2.29. The molecule has 1 atom stereocenters. The van der Waals surface area contributed by atoms with Gasteiger partial charge in [0.25, 0.3) is 0 Å². The smallest absolute Gasteiger partial charge is 0.167 e. The number of benzene rings is 1. The van der Waals surface area contributed by atoms with E-state index < -0.39 is 0 Å². The summed E-state index contributed by atoms with van der Waals surface area (Å²) in [5.41, 5.74) is 6.14. The minimum Gasteiger partial charge on any atom is -0.491 e. The topological polar surface area (TPSA) is 52.3 Å². The van der Waals surface area contributed by atoms with Crippen LogP contribution in [0.15, 0.2) is 24.3 Å². The number of ether oxygens (including phenoxy) is 1. The summed E-state index contributed by atoms with van der Waals surface area (Å²) in [5.74, 6) is 0.649. The third-order valence-corrected chi connectivity index (χ3v) is 2.29. The van der Waals surface area contributed by atoms with Crippen molar-refractivity contribution in [1.29, 1.82) is 0 Å². The minimum absolute atomic E-state index is 0.0664. The molecule has 0 heterocycles. The van der Waals surface area contributed by atoms with Crippen molar-refractivity contribution in [3.05, 3.63) is 29.8 Å². The van der Waals surface area contributed by atoms with E-state index in [2.05, 4.69) is 0 Å². The Hall–Kier alpha value is -1.35. The Labute approximate surface area is 96.6 Å². The Kier molecular flexibility index (Phi) is 4.50. The van der Waals surface area contributed by atoms with Gasteiger partial charge >= 0.3 is 0 Å². The van der Waals surface area contributed by atoms with E-state index >= 15 is 0 Å². The van der Waals surface area contributed by atoms with Gasteiger partial charge < -0.3 is 10.5 Å². The van der Waals surface area contributed by atoms with Gasteiger partial charge in [0.05, 0.1) is 6.10 Å². The molecule has 16 heavy (non-hydrogen) atoms. The molecule has 0 radical (unpaired) electrons. The molecule has 1 rings (SSSR count). The monoisotopic (exact) mass is 221 g/mol. The molecule has 1 aromatic carbocycles. The van der Waals surface area contributed by atoms with Crippen molar-refractivity contribution in [2.24, 2.45) is 11.7 Å². The average Bonchev–Trinajstić information content (AvgIpc) is 2.26. The van der Waals surface area contributed by atoms with Gasteiger partial charge in [-0.25, -0.2) is 0 Å². The van der Waals surface area contributed by atoms with Gasteiger partial charge in [-0.1, -0.05) is 19.1 Å². The van der Waals surface area contributed by atoms with Gasteiger partial charge in [0.15, 0.2) is 5.78 Å². The van der Waals surface area contributed by atoms with Gasteiger partial charge in [-0.05, 0) is 26.0 Å². The lowest BCUT2D eigenvalue weighted by atomic mass is 9.99. The fraction of sp³-hybridized carbons (Fsp3) is 0.462. The van der Waals surface area contributed by atoms with E-state index in [-0.39, 0.29) is 17.8 Å². The molecule has 88 valence electrons. The molecule has 3 nitrogen and oxygen atoms in total. The van der Waals surface area contributed by atoms with Crippen LogP contribution in [-0.4, -0.2) is 18.4 Å². The van der Waals surface area contributed by atoms with E-state index in [9.17, 15) is 4.79 Å². The first kappa shape index (κ1) is 12.7. The number of carbonyl (C=O) groups excluding carboxylic acids is 1. The predicted molar refractivity (Wildman–Crippen MR) is 64.8 cm³/mol. The highest BCUT2D eigenvalue weighted by molar-refractivity contribution is 5.98. The molecule has 1 unspecified atom stereocenters. The largest absolute Gasteiger partial charge is 0.491 e. The van der Waals surface area contributed by atoms with Crippen molar-refractivity contribution in [3.8, 4) is 5.75 Å². The van der Waals surface area contributed by atoms with Crippen molar-refractivity contribution >= 4 is 5.78 Å². The first-order valence-corrected chi connectivity index (χ1v) is 5.55. The number of hydrogen-bond acceptors (Lipinski definition) is 3. The molecule has 0 saturated carbocycles. The minimum atomic E-state index is -0.144. The first-order chi connectivity index (χ1) is 7.54. The standard InChI is InChI=1S/C13H19NO2/c1-9(2)16-12-6-4-5-11(7-12)13(15)10(3)8-14/h4-7,9-10H,8,14H2,1-3H3. The second-order valence-corrected chi connectivity index (χ2v) is 4.20. The van der Waals surface area contributed by atoms with Crippen LogP contribution in [0, 0.1) is 5.92 Å². The van der Waals surface area contributed by atoms with E-state index in [1.807, 2.05) is 32.9 Å². The van der Waals surface area contributed by atoms with Crippen molar-refractivity contribution in [2.75, 3.05) is 6.54 Å². The molecular weight excluding hydrogens is 202 g/mol. The van der Waals surface area contributed by atoms with Crippen LogP contribution >= 0.6 is 0 Å². The Bertz CT molecular complexity index is 361. The normalized spacial score (nSPS) is 12.6. The number of carbonyl (C=O) groups is 1. The zero-order valence-electron chi connectivity index (χ0n) is 10.1. The molecule has 0 fully saturated rings. The van der Waals surface area contributed by atoms with E-state index in [4.69, 9.17) is 10.5 Å². The highest BCUT2D eigenvalue weighted by atomic mass is 16.5. The van der Waals surface area contributed by atoms with E-state index in [1.54, 1.807) is 12.1 Å². The summed E-state index contributed by atoms with van der Waals surface area (Å²) in [4.78, 5) is 11.9. The zero-order valence-corrected chi connectivity index (χ0v) is 10.1. The van der Waals surface area contributed by atoms with Crippen molar-refractivity contribution in [2.45, 2.75) is 26.9 Å². The average molecular weight is 221 g/mol. The SMILES string of the molecule is CC(C)Oc1cccc(C(=O)C(C)CN)c1. The van der Waals surface area contributed by atoms with Gasteiger partial charge in [-0.15, -0.1) is 0 Å². The Balaban J connectivity index is 2.85. The van der Waals surface area contributed by atoms with Gasteiger partial charge in [-0.2, -0.15) is 0 Å². The lowest BCUT2D eigenvalue weighted by molar-refractivity contribution is 0.0933. The molecular formula is C13H19NO2. The highest BCUT2D eigenvalue weighted by Crippen LogP contribution is 2.17. The Morgan fingerprint density at radius 2 is 2.06 bits per heavy atom. The fourth-order valence-corrected chi connectivity index (χ4v) is 1.39. The molecule has 0 aliphatic carbocycles. The van der Waals surface area contributed by atoms with Crippen molar-refractivity contribution in [1.82, 2.24) is 0 Å². The number of nitrogens with two attached hydrogens (primary N) is 1. The predicted octanol–water partition coefficient (Wildman–Crippen LogP) is 2.25. The molecule has 0 aromatic heterocycles. The molecule has 0 aliphatic rings. The van der Waals surface area contributed by atoms with Crippen LogP contribution in [0.5, 0.6) is 5.75 Å². The van der Waals surface area contributed by atoms with Gasteiger partial charge in [0.2, 0.25) is 0 Å². The van der Waals surface area contributed by atoms with Crippen LogP contribution in [0.4, 0.5) is 0 Å². The summed E-state index contributed by atoms with van der Waals surface area (Å²) in [6, 6.07) is 7.24. The maximum atomic E-state index is 11.9. The van der Waals surface area contributed by atoms with E-state index in [0.29, 0.717) is 12.1 Å². The molecule has 1 aromatic rings. The van der Waals surface area contributed by atoms with Crippen molar-refractivity contribution in [3.63, 3.8) is 0 Å². The summed E-state index contributed by atoms with van der Waals surface area (Å²) in [6.07, 6.45) is 0.109. The number of Topliss-reactive ketones (excluding diaryl/α,β-unsaturated/α-hetero) is 1. The third kappa shape index (κ3) is 3.35. The zero-order chi connectivity index (χ0) is 12.1. The number of ketones is 1. The van der Waals surface area contributed by atoms with Crippen LogP contribution in [0.1, 0.15) is 31.1 Å². The summed E-state index contributed by atoms with van der Waals surface area (Å²) < 4.78 is 5.53. The highest BCUT2D eigenvalue weighted by Gasteiger charge is 2.14. The maximum Gasteiger partial charge on any atom is 0.167 e. The lowest BCUT2D eigenvalue weighted by Gasteiger charge is -2.12. The first-order valence-electron chi connectivity index (χ1n) is 5.55. The second-order valence-electron chi connectivity index (χ2n) is 4.20. The summed E-state index contributed by atoms with van der Waals surface area (Å²) >= 11 is 0. The van der Waals surface area contributed by atoms with Gasteiger partial charge in [0.1, 0.15) is 5.75 Å². The lowest BCUT2D eigenvalue weighted by Crippen LogP contribution is -2.20. The molecule has 0 bridgehead atoms. The van der Waals surface area contributed by atoms with E-state index in [1.165, 1.54) is 0 Å². The molecule has 0 amide bonds. The van der Waals surface area contributed by atoms with Crippen molar-refractivity contribution < 1.29 is 9.53 Å². The fourth-order valence-electron chi connectivity index (χ4n) is 1.39. The van der Waals surface area contributed by atoms with Crippen LogP contribution in [0.2, 0.25) is 0 Å². The van der Waals surface area contributed by atoms with Gasteiger partial charge in [-0.3, -0.25) is 4.79 Å². The maximum absolute atomic E-state index is 11.9. The number of rotatable bonds is 5. The van der Waals surface area contributed by atoms with Gasteiger partial charge in [0, 0.05) is 18.0 Å². The molecule has 3 heteroatoms. The summed E-state index contributed by atoms with van der Waals surface area (Å²) in [5, 5.41) is 0.